The van der Waals surface area contributed by atoms with Gasteiger partial charge in [0.1, 0.15) is 0 Å². The summed E-state index contributed by atoms with van der Waals surface area (Å²) in [6.07, 6.45) is 8.14. The van der Waals surface area contributed by atoms with Gasteiger partial charge in [-0.25, -0.2) is 0 Å². The van der Waals surface area contributed by atoms with Gasteiger partial charge in [0, 0.05) is 12.6 Å². The van der Waals surface area contributed by atoms with Crippen molar-refractivity contribution >= 4 is 0 Å². The molecule has 0 aromatic rings. The van der Waals surface area contributed by atoms with Crippen molar-refractivity contribution in [3.05, 3.63) is 0 Å². The van der Waals surface area contributed by atoms with Gasteiger partial charge in [-0.3, -0.25) is 0 Å². The molecule has 0 bridgehead atoms. The molecule has 2 heteroatoms. The van der Waals surface area contributed by atoms with Crippen LogP contribution in [0, 0.1) is 5.92 Å². The maximum absolute atomic E-state index is 6.06. The summed E-state index contributed by atoms with van der Waals surface area (Å²) in [7, 11) is 0. The normalized spacial score (nSPS) is 30.6. The number of nitrogens with one attached hydrogen (secondary N) is 1. The van der Waals surface area contributed by atoms with Gasteiger partial charge in [0.25, 0.3) is 0 Å². The lowest BCUT2D eigenvalue weighted by Crippen LogP contribution is -2.45. The Morgan fingerprint density at radius 1 is 1.19 bits per heavy atom. The highest BCUT2D eigenvalue weighted by molar-refractivity contribution is 4.85. The fraction of sp³-hybridized carbons (Fsp3) is 1.00. The maximum Gasteiger partial charge on any atom is 0.0730 e. The van der Waals surface area contributed by atoms with E-state index in [0.717, 1.165) is 19.1 Å². The molecule has 0 heterocycles. The van der Waals surface area contributed by atoms with Crippen molar-refractivity contribution in [1.82, 2.24) is 5.32 Å². The van der Waals surface area contributed by atoms with E-state index in [1.165, 1.54) is 38.5 Å². The Morgan fingerprint density at radius 3 is 2.62 bits per heavy atom. The zero-order valence-corrected chi connectivity index (χ0v) is 11.3. The van der Waals surface area contributed by atoms with Crippen molar-refractivity contribution in [2.45, 2.75) is 71.4 Å². The molecule has 2 nitrogen and oxygen atoms in total. The second-order valence-corrected chi connectivity index (χ2v) is 5.01. The first kappa shape index (κ1) is 14.0. The molecule has 1 rings (SSSR count). The monoisotopic (exact) mass is 227 g/mol. The third-order valence-corrected chi connectivity index (χ3v) is 3.77. The Morgan fingerprint density at radius 2 is 2.00 bits per heavy atom. The SMILES string of the molecule is CCCCOC1CC(CC)CCC1NCC. The molecule has 1 N–H and O–H groups in total. The number of ether oxygens (including phenoxy) is 1. The highest BCUT2D eigenvalue weighted by Crippen LogP contribution is 2.29. The van der Waals surface area contributed by atoms with E-state index in [1.807, 2.05) is 0 Å². The summed E-state index contributed by atoms with van der Waals surface area (Å²) in [6.45, 7) is 8.73. The molecule has 1 saturated carbocycles. The van der Waals surface area contributed by atoms with Gasteiger partial charge in [-0.15, -0.1) is 0 Å². The van der Waals surface area contributed by atoms with Gasteiger partial charge in [-0.05, 0) is 38.1 Å². The summed E-state index contributed by atoms with van der Waals surface area (Å²) >= 11 is 0. The molecule has 0 saturated heterocycles. The third-order valence-electron chi connectivity index (χ3n) is 3.77. The predicted molar refractivity (Wildman–Crippen MR) is 69.7 cm³/mol. The molecule has 0 spiro atoms. The Labute approximate surface area is 101 Å². The molecular formula is C14H29NO. The van der Waals surface area contributed by atoms with Gasteiger partial charge in [-0.2, -0.15) is 0 Å². The number of hydrogen-bond donors (Lipinski definition) is 1. The molecule has 0 aromatic carbocycles. The molecule has 0 aromatic heterocycles. The standard InChI is InChI=1S/C14H29NO/c1-4-7-10-16-14-11-12(5-2)8-9-13(14)15-6-3/h12-15H,4-11H2,1-3H3. The minimum atomic E-state index is 0.463. The first-order valence-electron chi connectivity index (χ1n) is 7.16. The molecule has 1 aliphatic carbocycles. The fourth-order valence-electron chi connectivity index (χ4n) is 2.64. The molecule has 0 aliphatic heterocycles. The van der Waals surface area contributed by atoms with Gasteiger partial charge >= 0.3 is 0 Å². The van der Waals surface area contributed by atoms with Crippen LogP contribution >= 0.6 is 0 Å². The summed E-state index contributed by atoms with van der Waals surface area (Å²) in [6, 6.07) is 0.602. The zero-order chi connectivity index (χ0) is 11.8. The Bertz CT molecular complexity index is 172. The average molecular weight is 227 g/mol. The minimum Gasteiger partial charge on any atom is -0.377 e. The van der Waals surface area contributed by atoms with Crippen molar-refractivity contribution < 1.29 is 4.74 Å². The summed E-state index contributed by atoms with van der Waals surface area (Å²) in [5.41, 5.74) is 0. The van der Waals surface area contributed by atoms with E-state index < -0.39 is 0 Å². The fourth-order valence-corrected chi connectivity index (χ4v) is 2.64. The van der Waals surface area contributed by atoms with Gasteiger partial charge in [0.05, 0.1) is 6.10 Å². The van der Waals surface area contributed by atoms with Crippen LogP contribution in [0.3, 0.4) is 0 Å². The molecule has 0 amide bonds. The number of hydrogen-bond acceptors (Lipinski definition) is 2. The van der Waals surface area contributed by atoms with E-state index >= 15 is 0 Å². The van der Waals surface area contributed by atoms with Crippen LogP contribution in [0.25, 0.3) is 0 Å². The van der Waals surface area contributed by atoms with Crippen LogP contribution in [-0.4, -0.2) is 25.3 Å². The van der Waals surface area contributed by atoms with Gasteiger partial charge < -0.3 is 10.1 Å². The highest BCUT2D eigenvalue weighted by atomic mass is 16.5. The largest absolute Gasteiger partial charge is 0.377 e. The first-order valence-corrected chi connectivity index (χ1v) is 7.16. The Balaban J connectivity index is 2.37. The molecule has 3 unspecified atom stereocenters. The number of unbranched alkanes of at least 4 members (excludes halogenated alkanes) is 1. The first-order chi connectivity index (χ1) is 7.81. The second kappa shape index (κ2) is 8.08. The molecule has 3 atom stereocenters. The van der Waals surface area contributed by atoms with Crippen molar-refractivity contribution in [2.75, 3.05) is 13.2 Å². The highest BCUT2D eigenvalue weighted by Gasteiger charge is 2.29. The van der Waals surface area contributed by atoms with Crippen LogP contribution < -0.4 is 5.32 Å². The van der Waals surface area contributed by atoms with Crippen molar-refractivity contribution in [3.63, 3.8) is 0 Å². The summed E-state index contributed by atoms with van der Waals surface area (Å²) in [5.74, 6) is 0.890. The molecule has 0 radical (unpaired) electrons. The van der Waals surface area contributed by atoms with E-state index in [1.54, 1.807) is 0 Å². The zero-order valence-electron chi connectivity index (χ0n) is 11.3. The van der Waals surface area contributed by atoms with Crippen LogP contribution in [0.5, 0.6) is 0 Å². The van der Waals surface area contributed by atoms with E-state index in [0.29, 0.717) is 12.1 Å². The molecule has 96 valence electrons. The van der Waals surface area contributed by atoms with Crippen LogP contribution in [0.4, 0.5) is 0 Å². The minimum absolute atomic E-state index is 0.463. The summed E-state index contributed by atoms with van der Waals surface area (Å²) < 4.78 is 6.06. The molecule has 1 fully saturated rings. The van der Waals surface area contributed by atoms with Gasteiger partial charge in [0.2, 0.25) is 0 Å². The van der Waals surface area contributed by atoms with E-state index in [2.05, 4.69) is 26.1 Å². The van der Waals surface area contributed by atoms with Gasteiger partial charge in [0.15, 0.2) is 0 Å². The van der Waals surface area contributed by atoms with Crippen LogP contribution in [-0.2, 0) is 4.74 Å². The summed E-state index contributed by atoms with van der Waals surface area (Å²) in [4.78, 5) is 0. The second-order valence-electron chi connectivity index (χ2n) is 5.01. The Hall–Kier alpha value is -0.0800. The Kier molecular flexibility index (Phi) is 7.06. The predicted octanol–water partition coefficient (Wildman–Crippen LogP) is 3.36. The number of rotatable bonds is 7. The molecular weight excluding hydrogens is 198 g/mol. The lowest BCUT2D eigenvalue weighted by Gasteiger charge is -2.36. The smallest absolute Gasteiger partial charge is 0.0730 e. The lowest BCUT2D eigenvalue weighted by molar-refractivity contribution is -0.0111. The quantitative estimate of drug-likeness (QED) is 0.673. The molecule has 1 aliphatic rings. The maximum atomic E-state index is 6.06. The number of likely N-dealkylation sites (N-methyl/N-ethyl adjacent to an activating group) is 1. The van der Waals surface area contributed by atoms with Crippen LogP contribution in [0.15, 0.2) is 0 Å². The van der Waals surface area contributed by atoms with Gasteiger partial charge in [-0.1, -0.05) is 33.6 Å². The average Bonchev–Trinajstić information content (AvgIpc) is 2.31. The van der Waals surface area contributed by atoms with Crippen molar-refractivity contribution in [3.8, 4) is 0 Å². The summed E-state index contributed by atoms with van der Waals surface area (Å²) in [5, 5.41) is 3.58. The topological polar surface area (TPSA) is 21.3 Å². The van der Waals surface area contributed by atoms with E-state index in [9.17, 15) is 0 Å². The lowest BCUT2D eigenvalue weighted by atomic mass is 9.82. The van der Waals surface area contributed by atoms with E-state index in [4.69, 9.17) is 4.74 Å². The van der Waals surface area contributed by atoms with Crippen LogP contribution in [0.1, 0.15) is 59.3 Å². The van der Waals surface area contributed by atoms with Crippen molar-refractivity contribution in [1.29, 1.82) is 0 Å². The van der Waals surface area contributed by atoms with E-state index in [-0.39, 0.29) is 0 Å². The van der Waals surface area contributed by atoms with Crippen LogP contribution in [0.2, 0.25) is 0 Å². The van der Waals surface area contributed by atoms with Crippen molar-refractivity contribution in [2.24, 2.45) is 5.92 Å². The third kappa shape index (κ3) is 4.42. The molecule has 16 heavy (non-hydrogen) atoms.